The Hall–Kier alpha value is -2.60. The maximum Gasteiger partial charge on any atom is 0.335 e. The van der Waals surface area contributed by atoms with Crippen LogP contribution in [-0.2, 0) is 0 Å². The van der Waals surface area contributed by atoms with E-state index in [0.29, 0.717) is 11.6 Å². The summed E-state index contributed by atoms with van der Waals surface area (Å²) in [5.41, 5.74) is 10.4. The van der Waals surface area contributed by atoms with E-state index < -0.39 is 5.97 Å². The zero-order chi connectivity index (χ0) is 18.1. The average molecular weight is 353 g/mol. The lowest BCUT2D eigenvalue weighted by molar-refractivity contribution is 0.0697. The zero-order valence-corrected chi connectivity index (χ0v) is 15.1. The maximum atomic E-state index is 10.9. The number of allylic oxidation sites excluding steroid dienone is 3. The summed E-state index contributed by atoms with van der Waals surface area (Å²) in [5, 5.41) is 9.24. The number of nitrogens with two attached hydrogens (primary N) is 1. The number of rotatable bonds is 3. The first-order chi connectivity index (χ1) is 11.9. The van der Waals surface area contributed by atoms with Crippen LogP contribution in [0, 0.1) is 6.92 Å². The minimum absolute atomic E-state index is 0.256. The Morgan fingerprint density at radius 2 is 1.88 bits per heavy atom. The Bertz CT molecular complexity index is 902. The molecule has 3 N–H and O–H groups in total. The molecule has 0 fully saturated rings. The highest BCUT2D eigenvalue weighted by atomic mass is 32.2. The first-order valence-electron chi connectivity index (χ1n) is 7.90. The number of carboxylic acid groups (broad SMARTS) is 1. The van der Waals surface area contributed by atoms with Crippen molar-refractivity contribution in [3.8, 4) is 0 Å². The number of nitrogen functional groups attached to an aromatic ring is 1. The van der Waals surface area contributed by atoms with Crippen LogP contribution in [0.15, 0.2) is 41.3 Å². The molecular weight excluding hydrogens is 334 g/mol. The predicted molar refractivity (Wildman–Crippen MR) is 102 cm³/mol. The van der Waals surface area contributed by atoms with Gasteiger partial charge in [-0.05, 0) is 49.6 Å². The molecule has 0 amide bonds. The Morgan fingerprint density at radius 3 is 2.52 bits per heavy atom. The fourth-order valence-electron chi connectivity index (χ4n) is 2.73. The minimum Gasteiger partial charge on any atom is -0.478 e. The fraction of sp³-hybridized carbons (Fsp3) is 0.211. The second kappa shape index (κ2) is 6.72. The standard InChI is InChI=1S/C19H19N3O2S/c1-10(13-5-7-14(8-6-13)19(23)24)4-9-15-11(2)25-17-16(15)21-12(3)22-18(17)20/h4-9,11H,1-3H3,(H,23,24)(H2,20,21,22). The van der Waals surface area contributed by atoms with Crippen LogP contribution in [0.5, 0.6) is 0 Å². The van der Waals surface area contributed by atoms with E-state index in [0.717, 1.165) is 27.3 Å². The molecule has 1 unspecified atom stereocenters. The second-order valence-electron chi connectivity index (χ2n) is 5.95. The lowest BCUT2D eigenvalue weighted by atomic mass is 10.0. The van der Waals surface area contributed by atoms with Gasteiger partial charge in [0.05, 0.1) is 16.2 Å². The molecule has 0 saturated carbocycles. The predicted octanol–water partition coefficient (Wildman–Crippen LogP) is 4.05. The van der Waals surface area contributed by atoms with Crippen LogP contribution in [0.25, 0.3) is 11.1 Å². The van der Waals surface area contributed by atoms with Crippen LogP contribution in [0.2, 0.25) is 0 Å². The van der Waals surface area contributed by atoms with Crippen molar-refractivity contribution in [2.45, 2.75) is 30.9 Å². The van der Waals surface area contributed by atoms with Crippen molar-refractivity contribution < 1.29 is 9.90 Å². The van der Waals surface area contributed by atoms with Crippen molar-refractivity contribution in [1.29, 1.82) is 0 Å². The number of anilines is 1. The van der Waals surface area contributed by atoms with Gasteiger partial charge in [0.15, 0.2) is 0 Å². The molecule has 128 valence electrons. The van der Waals surface area contributed by atoms with Gasteiger partial charge in [-0.15, -0.1) is 11.8 Å². The van der Waals surface area contributed by atoms with E-state index in [1.54, 1.807) is 23.9 Å². The lowest BCUT2D eigenvalue weighted by Crippen LogP contribution is -2.00. The van der Waals surface area contributed by atoms with Gasteiger partial charge in [0.2, 0.25) is 0 Å². The van der Waals surface area contributed by atoms with E-state index in [4.69, 9.17) is 10.8 Å². The molecule has 2 aromatic rings. The van der Waals surface area contributed by atoms with Crippen LogP contribution in [0.4, 0.5) is 5.82 Å². The molecule has 1 aromatic carbocycles. The van der Waals surface area contributed by atoms with E-state index in [9.17, 15) is 4.79 Å². The summed E-state index contributed by atoms with van der Waals surface area (Å²) in [6, 6.07) is 6.86. The Kier molecular flexibility index (Phi) is 4.63. The number of carboxylic acids is 1. The molecule has 1 aliphatic rings. The first kappa shape index (κ1) is 17.2. The van der Waals surface area contributed by atoms with E-state index in [1.165, 1.54) is 0 Å². The molecule has 1 aromatic heterocycles. The van der Waals surface area contributed by atoms with Crippen molar-refractivity contribution in [3.63, 3.8) is 0 Å². The molecule has 3 rings (SSSR count). The number of benzene rings is 1. The van der Waals surface area contributed by atoms with Crippen molar-refractivity contribution in [2.75, 3.05) is 5.73 Å². The molecule has 25 heavy (non-hydrogen) atoms. The number of aromatic nitrogens is 2. The lowest BCUT2D eigenvalue weighted by Gasteiger charge is -2.05. The smallest absolute Gasteiger partial charge is 0.335 e. The summed E-state index contributed by atoms with van der Waals surface area (Å²) >= 11 is 1.67. The Balaban J connectivity index is 1.93. The number of carbonyl (C=O) groups is 1. The van der Waals surface area contributed by atoms with Crippen LogP contribution in [0.3, 0.4) is 0 Å². The van der Waals surface area contributed by atoms with Crippen LogP contribution in [0.1, 0.15) is 41.3 Å². The summed E-state index contributed by atoms with van der Waals surface area (Å²) in [6.07, 6.45) is 4.10. The van der Waals surface area contributed by atoms with Gasteiger partial charge < -0.3 is 10.8 Å². The number of hydrogen-bond donors (Lipinski definition) is 2. The highest BCUT2D eigenvalue weighted by molar-refractivity contribution is 8.01. The molecule has 0 spiro atoms. The second-order valence-corrected chi connectivity index (χ2v) is 7.30. The quantitative estimate of drug-likeness (QED) is 0.865. The Morgan fingerprint density at radius 1 is 1.24 bits per heavy atom. The minimum atomic E-state index is -0.920. The summed E-state index contributed by atoms with van der Waals surface area (Å²) in [6.45, 7) is 5.96. The molecule has 5 nitrogen and oxygen atoms in total. The van der Waals surface area contributed by atoms with Gasteiger partial charge >= 0.3 is 5.97 Å². The monoisotopic (exact) mass is 353 g/mol. The number of aryl methyl sites for hydroxylation is 1. The zero-order valence-electron chi connectivity index (χ0n) is 14.3. The van der Waals surface area contributed by atoms with Gasteiger partial charge in [0.1, 0.15) is 11.6 Å². The Labute approximate surface area is 150 Å². The SMILES string of the molecule is CC(=CC=C1c2nc(C)nc(N)c2SC1C)c1ccc(C(=O)O)cc1. The number of aromatic carboxylic acids is 1. The van der Waals surface area contributed by atoms with Gasteiger partial charge in [0, 0.05) is 5.25 Å². The van der Waals surface area contributed by atoms with Crippen molar-refractivity contribution >= 4 is 34.7 Å². The summed E-state index contributed by atoms with van der Waals surface area (Å²) in [4.78, 5) is 20.7. The van der Waals surface area contributed by atoms with Gasteiger partial charge in [-0.3, -0.25) is 0 Å². The third kappa shape index (κ3) is 3.44. The molecule has 0 bridgehead atoms. The van der Waals surface area contributed by atoms with E-state index in [-0.39, 0.29) is 10.8 Å². The van der Waals surface area contributed by atoms with Crippen LogP contribution >= 0.6 is 11.8 Å². The first-order valence-corrected chi connectivity index (χ1v) is 8.78. The van der Waals surface area contributed by atoms with E-state index in [2.05, 4.69) is 23.0 Å². The number of fused-ring (bicyclic) bond motifs is 1. The van der Waals surface area contributed by atoms with Gasteiger partial charge in [-0.25, -0.2) is 14.8 Å². The van der Waals surface area contributed by atoms with Gasteiger partial charge in [-0.1, -0.05) is 24.3 Å². The van der Waals surface area contributed by atoms with Gasteiger partial charge in [0.25, 0.3) is 0 Å². The van der Waals surface area contributed by atoms with E-state index in [1.807, 2.05) is 32.1 Å². The third-order valence-corrected chi connectivity index (χ3v) is 5.36. The number of thioether (sulfide) groups is 1. The number of nitrogens with zero attached hydrogens (tertiary/aromatic N) is 2. The van der Waals surface area contributed by atoms with Gasteiger partial charge in [-0.2, -0.15) is 0 Å². The van der Waals surface area contributed by atoms with Crippen LogP contribution in [-0.4, -0.2) is 26.3 Å². The highest BCUT2D eigenvalue weighted by Gasteiger charge is 2.28. The molecule has 0 saturated heterocycles. The van der Waals surface area contributed by atoms with Crippen molar-refractivity contribution in [3.05, 3.63) is 59.1 Å². The topological polar surface area (TPSA) is 89.1 Å². The normalized spacial score (nSPS) is 18.4. The summed E-state index contributed by atoms with van der Waals surface area (Å²) in [5.74, 6) is 0.283. The molecule has 0 radical (unpaired) electrons. The number of hydrogen-bond acceptors (Lipinski definition) is 5. The van der Waals surface area contributed by atoms with Crippen LogP contribution < -0.4 is 5.73 Å². The molecular formula is C19H19N3O2S. The molecule has 0 aliphatic carbocycles. The third-order valence-electron chi connectivity index (χ3n) is 4.11. The largest absolute Gasteiger partial charge is 0.478 e. The molecule has 1 aliphatic heterocycles. The molecule has 2 heterocycles. The summed E-state index contributed by atoms with van der Waals surface area (Å²) < 4.78 is 0. The van der Waals surface area contributed by atoms with Crippen molar-refractivity contribution in [1.82, 2.24) is 9.97 Å². The summed E-state index contributed by atoms with van der Waals surface area (Å²) in [7, 11) is 0. The van der Waals surface area contributed by atoms with E-state index >= 15 is 0 Å². The fourth-order valence-corrected chi connectivity index (χ4v) is 3.84. The highest BCUT2D eigenvalue weighted by Crippen LogP contribution is 2.46. The van der Waals surface area contributed by atoms with Crippen molar-refractivity contribution in [2.24, 2.45) is 0 Å². The maximum absolute atomic E-state index is 10.9. The molecule has 1 atom stereocenters. The average Bonchev–Trinajstić information content (AvgIpc) is 2.88. The molecule has 6 heteroatoms.